The molecular weight excluding hydrogens is 489 g/mol. The summed E-state index contributed by atoms with van der Waals surface area (Å²) in [5.74, 6) is -4.61. The molecule has 1 fully saturated rings. The van der Waals surface area contributed by atoms with Crippen molar-refractivity contribution in [2.24, 2.45) is 11.1 Å². The van der Waals surface area contributed by atoms with Crippen molar-refractivity contribution in [2.45, 2.75) is 58.7 Å². The molecule has 2 aromatic rings. The highest BCUT2D eigenvalue weighted by atomic mass is 19.2. The maximum atomic E-state index is 14.7. The Morgan fingerprint density at radius 2 is 1.78 bits per heavy atom. The van der Waals surface area contributed by atoms with E-state index in [4.69, 9.17) is 5.73 Å². The van der Waals surface area contributed by atoms with Gasteiger partial charge in [0.25, 0.3) is 0 Å². The molecule has 9 nitrogen and oxygen atoms in total. The Morgan fingerprint density at radius 1 is 1.11 bits per heavy atom. The summed E-state index contributed by atoms with van der Waals surface area (Å²) in [5, 5.41) is 7.06. The molecule has 2 aliphatic heterocycles. The monoisotopic (exact) mass is 520 g/mol. The number of benzene rings is 1. The Balaban J connectivity index is 1.72. The molecule has 0 bridgehead atoms. The molecule has 12 heteroatoms. The fraction of sp³-hybridized carbons (Fsp3) is 0.520. The first kappa shape index (κ1) is 26.6. The van der Waals surface area contributed by atoms with Gasteiger partial charge in [-0.3, -0.25) is 9.59 Å². The minimum absolute atomic E-state index is 0.0278. The van der Waals surface area contributed by atoms with Crippen LogP contribution in [0.2, 0.25) is 0 Å². The summed E-state index contributed by atoms with van der Waals surface area (Å²) in [6, 6.07) is -1.32. The van der Waals surface area contributed by atoms with Gasteiger partial charge in [0.2, 0.25) is 11.8 Å². The second kappa shape index (κ2) is 9.81. The first-order chi connectivity index (χ1) is 17.3. The zero-order chi connectivity index (χ0) is 27.2. The lowest BCUT2D eigenvalue weighted by Crippen LogP contribution is -2.58. The first-order valence-electron chi connectivity index (χ1n) is 12.1. The van der Waals surface area contributed by atoms with Crippen LogP contribution in [0.15, 0.2) is 12.1 Å². The topological polar surface area (TPSA) is 114 Å². The molecule has 1 saturated heterocycles. The Bertz CT molecular complexity index is 1260. The molecule has 2 aliphatic rings. The van der Waals surface area contributed by atoms with Gasteiger partial charge in [-0.25, -0.2) is 18.0 Å². The van der Waals surface area contributed by atoms with Gasteiger partial charge in [0.1, 0.15) is 23.6 Å². The molecule has 4 rings (SSSR count). The predicted molar refractivity (Wildman–Crippen MR) is 129 cm³/mol. The first-order valence-corrected chi connectivity index (χ1v) is 12.1. The number of likely N-dealkylation sites (N-methyl/N-ethyl adjacent to an activating group) is 1. The zero-order valence-electron chi connectivity index (χ0n) is 21.3. The summed E-state index contributed by atoms with van der Waals surface area (Å²) >= 11 is 0. The van der Waals surface area contributed by atoms with Gasteiger partial charge in [-0.2, -0.15) is 9.78 Å². The van der Waals surface area contributed by atoms with E-state index in [1.807, 2.05) is 11.9 Å². The number of carbonyl (C=O) groups excluding carboxylic acids is 3. The van der Waals surface area contributed by atoms with E-state index in [1.165, 1.54) is 4.90 Å². The standard InChI is InChI=1S/C25H31F3N6O3/c1-25(2,3)21(23(36)33-8-5-6-19(33)22(29)35)30-24(37)34-18-7-9-32(4)12-14(18)20(31-34)13-10-16(27)17(28)11-15(13)26/h10-11,19,21H,5-9,12H2,1-4H3,(H2,29,35)(H,30,37)/t19-,21-/m1/s1. The van der Waals surface area contributed by atoms with Crippen LogP contribution in [0.25, 0.3) is 11.3 Å². The average Bonchev–Trinajstić information content (AvgIpc) is 3.44. The van der Waals surface area contributed by atoms with E-state index in [1.54, 1.807) is 20.8 Å². The van der Waals surface area contributed by atoms with Gasteiger partial charge in [-0.05, 0) is 31.4 Å². The SMILES string of the molecule is CN1CCc2c(c(-c3cc(F)c(F)cc3F)nn2C(=O)N[C@H](C(=O)N2CCC[C@@H]2C(N)=O)C(C)(C)C)C1. The van der Waals surface area contributed by atoms with Crippen LogP contribution >= 0.6 is 0 Å². The van der Waals surface area contributed by atoms with E-state index in [2.05, 4.69) is 10.4 Å². The molecule has 0 aliphatic carbocycles. The van der Waals surface area contributed by atoms with Crippen LogP contribution in [0, 0.1) is 22.9 Å². The molecule has 0 spiro atoms. The van der Waals surface area contributed by atoms with Gasteiger partial charge in [0.05, 0.1) is 5.69 Å². The van der Waals surface area contributed by atoms with Gasteiger partial charge >= 0.3 is 6.03 Å². The van der Waals surface area contributed by atoms with Crippen LogP contribution in [-0.4, -0.2) is 69.6 Å². The van der Waals surface area contributed by atoms with E-state index in [0.717, 1.165) is 10.7 Å². The summed E-state index contributed by atoms with van der Waals surface area (Å²) in [6.45, 7) is 6.58. The maximum absolute atomic E-state index is 14.7. The van der Waals surface area contributed by atoms with Crippen molar-refractivity contribution >= 4 is 17.8 Å². The average molecular weight is 521 g/mol. The molecule has 3 amide bonds. The third-order valence-corrected chi connectivity index (χ3v) is 6.95. The molecule has 37 heavy (non-hydrogen) atoms. The highest BCUT2D eigenvalue weighted by molar-refractivity contribution is 5.93. The number of nitrogens with two attached hydrogens (primary N) is 1. The van der Waals surface area contributed by atoms with E-state index in [0.29, 0.717) is 56.2 Å². The number of carbonyl (C=O) groups is 3. The molecule has 2 atom stereocenters. The van der Waals surface area contributed by atoms with Crippen LogP contribution in [0.3, 0.4) is 0 Å². The number of hydrogen-bond donors (Lipinski definition) is 2. The van der Waals surface area contributed by atoms with Crippen molar-refractivity contribution in [2.75, 3.05) is 20.1 Å². The van der Waals surface area contributed by atoms with Crippen LogP contribution in [0.5, 0.6) is 0 Å². The molecule has 0 saturated carbocycles. The summed E-state index contributed by atoms with van der Waals surface area (Å²) in [4.78, 5) is 42.2. The lowest BCUT2D eigenvalue weighted by Gasteiger charge is -2.35. The second-order valence-corrected chi connectivity index (χ2v) is 10.8. The van der Waals surface area contributed by atoms with Crippen LogP contribution in [-0.2, 0) is 22.6 Å². The van der Waals surface area contributed by atoms with Gasteiger partial charge < -0.3 is 20.9 Å². The van der Waals surface area contributed by atoms with Gasteiger partial charge in [-0.15, -0.1) is 0 Å². The number of hydrogen-bond acceptors (Lipinski definition) is 5. The van der Waals surface area contributed by atoms with Crippen LogP contribution in [0.4, 0.5) is 18.0 Å². The van der Waals surface area contributed by atoms with Crippen molar-refractivity contribution in [3.05, 3.63) is 40.8 Å². The van der Waals surface area contributed by atoms with E-state index in [-0.39, 0.29) is 11.3 Å². The molecule has 200 valence electrons. The molecule has 1 aromatic heterocycles. The Hall–Kier alpha value is -3.41. The number of aromatic nitrogens is 2. The van der Waals surface area contributed by atoms with Crippen molar-refractivity contribution in [3.63, 3.8) is 0 Å². The Morgan fingerprint density at radius 3 is 2.43 bits per heavy atom. The highest BCUT2D eigenvalue weighted by Crippen LogP contribution is 2.33. The largest absolute Gasteiger partial charge is 0.368 e. The van der Waals surface area contributed by atoms with Crippen molar-refractivity contribution < 1.29 is 27.6 Å². The fourth-order valence-electron chi connectivity index (χ4n) is 4.97. The van der Waals surface area contributed by atoms with Crippen molar-refractivity contribution in [1.29, 1.82) is 0 Å². The van der Waals surface area contributed by atoms with Crippen LogP contribution in [0.1, 0.15) is 44.9 Å². The number of likely N-dealkylation sites (tertiary alicyclic amines) is 1. The lowest BCUT2D eigenvalue weighted by molar-refractivity contribution is -0.140. The predicted octanol–water partition coefficient (Wildman–Crippen LogP) is 2.40. The normalized spacial score (nSPS) is 19.0. The van der Waals surface area contributed by atoms with Gasteiger partial charge in [0, 0.05) is 43.2 Å². The Labute approximate surface area is 212 Å². The molecular formula is C25H31F3N6O3. The summed E-state index contributed by atoms with van der Waals surface area (Å²) in [6.07, 6.45) is 1.46. The van der Waals surface area contributed by atoms with Crippen molar-refractivity contribution in [3.8, 4) is 11.3 Å². The zero-order valence-corrected chi connectivity index (χ0v) is 21.3. The molecule has 0 unspecified atom stereocenters. The Kier molecular flexibility index (Phi) is 7.06. The minimum Gasteiger partial charge on any atom is -0.368 e. The smallest absolute Gasteiger partial charge is 0.343 e. The number of amides is 3. The van der Waals surface area contributed by atoms with Crippen molar-refractivity contribution in [1.82, 2.24) is 24.9 Å². The summed E-state index contributed by atoms with van der Waals surface area (Å²) < 4.78 is 43.3. The minimum atomic E-state index is -1.33. The third kappa shape index (κ3) is 5.07. The lowest BCUT2D eigenvalue weighted by atomic mass is 9.85. The molecule has 0 radical (unpaired) electrons. The maximum Gasteiger partial charge on any atom is 0.343 e. The summed E-state index contributed by atoms with van der Waals surface area (Å²) in [5.41, 5.74) is 5.52. The van der Waals surface area contributed by atoms with E-state index < -0.39 is 52.8 Å². The summed E-state index contributed by atoms with van der Waals surface area (Å²) in [7, 11) is 1.84. The van der Waals surface area contributed by atoms with Gasteiger partial charge in [-0.1, -0.05) is 20.8 Å². The van der Waals surface area contributed by atoms with Crippen LogP contribution < -0.4 is 11.1 Å². The second-order valence-electron chi connectivity index (χ2n) is 10.8. The number of halogens is 3. The third-order valence-electron chi connectivity index (χ3n) is 6.95. The number of rotatable bonds is 4. The number of fused-ring (bicyclic) bond motifs is 1. The van der Waals surface area contributed by atoms with Gasteiger partial charge in [0.15, 0.2) is 11.6 Å². The molecule has 3 N–H and O–H groups in total. The molecule has 3 heterocycles. The van der Waals surface area contributed by atoms with E-state index >= 15 is 0 Å². The number of nitrogens with zero attached hydrogens (tertiary/aromatic N) is 4. The number of primary amides is 1. The fourth-order valence-corrected chi connectivity index (χ4v) is 4.97. The molecule has 1 aromatic carbocycles. The quantitative estimate of drug-likeness (QED) is 0.601. The number of nitrogens with one attached hydrogen (secondary N) is 1. The highest BCUT2D eigenvalue weighted by Gasteiger charge is 2.42. The van der Waals surface area contributed by atoms with E-state index in [9.17, 15) is 27.6 Å².